The van der Waals surface area contributed by atoms with Crippen molar-refractivity contribution in [1.82, 2.24) is 35.6 Å². The summed E-state index contributed by atoms with van der Waals surface area (Å²) < 4.78 is 0. The summed E-state index contributed by atoms with van der Waals surface area (Å²) in [4.78, 5) is 29.3. The molecule has 1 aliphatic heterocycles. The van der Waals surface area contributed by atoms with Crippen LogP contribution in [0.3, 0.4) is 0 Å². The van der Waals surface area contributed by atoms with Gasteiger partial charge in [0.25, 0.3) is 5.91 Å². The van der Waals surface area contributed by atoms with Crippen molar-refractivity contribution in [3.8, 4) is 11.4 Å². The molecule has 0 unspecified atom stereocenters. The molecule has 1 fully saturated rings. The summed E-state index contributed by atoms with van der Waals surface area (Å²) >= 11 is 0. The third-order valence-corrected chi connectivity index (χ3v) is 4.34. The molecule has 3 amide bonds. The van der Waals surface area contributed by atoms with E-state index in [-0.39, 0.29) is 12.5 Å². The minimum Gasteiger partial charge on any atom is -0.328 e. The number of carbonyl (C=O) groups excluding carboxylic acids is 2. The van der Waals surface area contributed by atoms with Crippen LogP contribution < -0.4 is 5.32 Å². The van der Waals surface area contributed by atoms with Gasteiger partial charge in [-0.3, -0.25) is 15.0 Å². The number of urea groups is 1. The topological polar surface area (TPSA) is 120 Å². The van der Waals surface area contributed by atoms with Crippen LogP contribution in [0.1, 0.15) is 5.69 Å². The van der Waals surface area contributed by atoms with Crippen LogP contribution in [0.2, 0.25) is 0 Å². The van der Waals surface area contributed by atoms with Crippen molar-refractivity contribution in [2.75, 3.05) is 6.54 Å². The molecule has 0 aliphatic carbocycles. The van der Waals surface area contributed by atoms with Gasteiger partial charge in [-0.15, -0.1) is 0 Å². The second kappa shape index (κ2) is 7.31. The number of aromatic amines is 2. The molecule has 0 atom stereocenters. The number of rotatable bonds is 6. The number of aromatic nitrogens is 5. The fourth-order valence-corrected chi connectivity index (χ4v) is 3.00. The van der Waals surface area contributed by atoms with Crippen molar-refractivity contribution in [3.05, 3.63) is 66.8 Å². The molecule has 3 heterocycles. The van der Waals surface area contributed by atoms with Crippen molar-refractivity contribution in [2.45, 2.75) is 6.42 Å². The van der Waals surface area contributed by atoms with Gasteiger partial charge >= 0.3 is 6.03 Å². The average molecular weight is 375 g/mol. The van der Waals surface area contributed by atoms with Crippen LogP contribution in [0.4, 0.5) is 4.79 Å². The Hall–Kier alpha value is -4.01. The molecule has 1 aliphatic rings. The fourth-order valence-electron chi connectivity index (χ4n) is 3.00. The molecule has 9 nitrogen and oxygen atoms in total. The predicted molar refractivity (Wildman–Crippen MR) is 103 cm³/mol. The maximum Gasteiger partial charge on any atom is 0.329 e. The molecule has 1 saturated heterocycles. The molecule has 0 spiro atoms. The summed E-state index contributed by atoms with van der Waals surface area (Å²) in [7, 11) is 0. The highest BCUT2D eigenvalue weighted by Gasteiger charge is 2.30. The summed E-state index contributed by atoms with van der Waals surface area (Å²) in [5.41, 5.74) is 3.03. The minimum absolute atomic E-state index is 0.00830. The maximum absolute atomic E-state index is 12.0. The number of hydrogen-bond acceptors (Lipinski definition) is 5. The SMILES string of the molecule is C=C/C=C\C(=C/Cc1[nH]nc2ccc(-c3ncn[nH]3)cc12)N1C(=O)CNC1=O. The Labute approximate surface area is 159 Å². The number of fused-ring (bicyclic) bond motifs is 1. The van der Waals surface area contributed by atoms with Crippen LogP contribution >= 0.6 is 0 Å². The minimum atomic E-state index is -0.438. The molecule has 0 saturated carbocycles. The van der Waals surface area contributed by atoms with Gasteiger partial charge in [0.05, 0.1) is 12.1 Å². The summed E-state index contributed by atoms with van der Waals surface area (Å²) in [6.07, 6.45) is 8.64. The van der Waals surface area contributed by atoms with E-state index < -0.39 is 6.03 Å². The van der Waals surface area contributed by atoms with E-state index in [1.807, 2.05) is 18.2 Å². The quantitative estimate of drug-likeness (QED) is 0.450. The third-order valence-electron chi connectivity index (χ3n) is 4.34. The molecule has 28 heavy (non-hydrogen) atoms. The first-order valence-corrected chi connectivity index (χ1v) is 8.60. The highest BCUT2D eigenvalue weighted by Crippen LogP contribution is 2.24. The smallest absolute Gasteiger partial charge is 0.328 e. The molecule has 2 aromatic heterocycles. The summed E-state index contributed by atoms with van der Waals surface area (Å²) in [5, 5.41) is 17.5. The number of nitrogens with one attached hydrogen (secondary N) is 3. The van der Waals surface area contributed by atoms with E-state index in [2.05, 4.69) is 37.3 Å². The maximum atomic E-state index is 12.0. The molecular weight excluding hydrogens is 358 g/mol. The first-order chi connectivity index (χ1) is 13.7. The zero-order chi connectivity index (χ0) is 19.5. The zero-order valence-corrected chi connectivity index (χ0v) is 14.8. The van der Waals surface area contributed by atoms with Crippen molar-refractivity contribution in [1.29, 1.82) is 0 Å². The fraction of sp³-hybridized carbons (Fsp3) is 0.105. The molecule has 3 N–H and O–H groups in total. The highest BCUT2D eigenvalue weighted by atomic mass is 16.2. The lowest BCUT2D eigenvalue weighted by molar-refractivity contribution is -0.123. The van der Waals surface area contributed by atoms with Crippen LogP contribution in [0.25, 0.3) is 22.3 Å². The number of carbonyl (C=O) groups is 2. The van der Waals surface area contributed by atoms with Gasteiger partial charge in [-0.05, 0) is 24.3 Å². The number of amides is 3. The molecular formula is C19H17N7O2. The zero-order valence-electron chi connectivity index (χ0n) is 14.8. The Morgan fingerprint density at radius 2 is 2.18 bits per heavy atom. The van der Waals surface area contributed by atoms with Crippen molar-refractivity contribution in [2.24, 2.45) is 0 Å². The van der Waals surface area contributed by atoms with Gasteiger partial charge < -0.3 is 5.32 Å². The third kappa shape index (κ3) is 3.20. The van der Waals surface area contributed by atoms with Gasteiger partial charge in [-0.1, -0.05) is 24.8 Å². The lowest BCUT2D eigenvalue weighted by atomic mass is 10.1. The van der Waals surface area contributed by atoms with Gasteiger partial charge in [-0.25, -0.2) is 14.7 Å². The first-order valence-electron chi connectivity index (χ1n) is 8.60. The normalized spacial score (nSPS) is 15.0. The van der Waals surface area contributed by atoms with E-state index in [1.54, 1.807) is 24.3 Å². The van der Waals surface area contributed by atoms with Gasteiger partial charge in [0, 0.05) is 28.8 Å². The van der Waals surface area contributed by atoms with Crippen molar-refractivity contribution >= 4 is 22.8 Å². The van der Waals surface area contributed by atoms with Crippen LogP contribution in [0.5, 0.6) is 0 Å². The molecule has 4 rings (SSSR count). The van der Waals surface area contributed by atoms with Crippen LogP contribution in [-0.4, -0.2) is 48.8 Å². The second-order valence-electron chi connectivity index (χ2n) is 6.08. The summed E-state index contributed by atoms with van der Waals surface area (Å²) in [6, 6.07) is 5.34. The lowest BCUT2D eigenvalue weighted by Gasteiger charge is -2.13. The van der Waals surface area contributed by atoms with E-state index in [9.17, 15) is 9.59 Å². The summed E-state index contributed by atoms with van der Waals surface area (Å²) in [6.45, 7) is 3.63. The number of nitrogens with zero attached hydrogens (tertiary/aromatic N) is 4. The van der Waals surface area contributed by atoms with E-state index in [0.29, 0.717) is 17.9 Å². The monoisotopic (exact) mass is 375 g/mol. The van der Waals surface area contributed by atoms with E-state index in [0.717, 1.165) is 27.1 Å². The molecule has 0 radical (unpaired) electrons. The van der Waals surface area contributed by atoms with Crippen molar-refractivity contribution < 1.29 is 9.59 Å². The molecule has 140 valence electrons. The Morgan fingerprint density at radius 1 is 1.29 bits per heavy atom. The van der Waals surface area contributed by atoms with Crippen LogP contribution in [-0.2, 0) is 11.2 Å². The summed E-state index contributed by atoms with van der Waals surface area (Å²) in [5.74, 6) is 0.366. The number of allylic oxidation sites excluding steroid dienone is 4. The Bertz CT molecular complexity index is 1090. The Morgan fingerprint density at radius 3 is 2.89 bits per heavy atom. The predicted octanol–water partition coefficient (Wildman–Crippen LogP) is 2.07. The number of benzene rings is 1. The first kappa shape index (κ1) is 17.4. The molecule has 9 heteroatoms. The highest BCUT2D eigenvalue weighted by molar-refractivity contribution is 6.04. The molecule has 0 bridgehead atoms. The van der Waals surface area contributed by atoms with Crippen molar-refractivity contribution in [3.63, 3.8) is 0 Å². The van der Waals surface area contributed by atoms with E-state index >= 15 is 0 Å². The molecule has 1 aromatic carbocycles. The number of imide groups is 1. The lowest BCUT2D eigenvalue weighted by Crippen LogP contribution is -2.29. The van der Waals surface area contributed by atoms with Gasteiger partial charge in [-0.2, -0.15) is 10.2 Å². The number of H-pyrrole nitrogens is 2. The Kier molecular flexibility index (Phi) is 4.55. The number of hydrogen-bond donors (Lipinski definition) is 3. The van der Waals surface area contributed by atoms with Crippen LogP contribution in [0, 0.1) is 0 Å². The van der Waals surface area contributed by atoms with E-state index in [4.69, 9.17) is 0 Å². The van der Waals surface area contributed by atoms with E-state index in [1.165, 1.54) is 6.33 Å². The van der Waals surface area contributed by atoms with Gasteiger partial charge in [0.2, 0.25) is 0 Å². The molecule has 3 aromatic rings. The van der Waals surface area contributed by atoms with Gasteiger partial charge in [0.15, 0.2) is 5.82 Å². The second-order valence-corrected chi connectivity index (χ2v) is 6.08. The van der Waals surface area contributed by atoms with Gasteiger partial charge in [0.1, 0.15) is 6.33 Å². The largest absolute Gasteiger partial charge is 0.329 e. The van der Waals surface area contributed by atoms with Crippen LogP contribution in [0.15, 0.2) is 61.1 Å². The Balaban J connectivity index is 1.68. The standard InChI is InChI=1S/C19H17N7O2/c1-2-3-4-13(26-17(27)10-20-19(26)28)6-8-16-14-9-12(18-21-11-22-25-18)5-7-15(14)23-24-16/h2-7,9,11H,1,8,10H2,(H,20,28)(H,23,24)(H,21,22,25)/b4-3-,13-6+. The average Bonchev–Trinajstić information content (AvgIpc) is 3.43.